The van der Waals surface area contributed by atoms with Crippen molar-refractivity contribution in [1.29, 1.82) is 0 Å². The highest BCUT2D eigenvalue weighted by Gasteiger charge is 2.61. The topological polar surface area (TPSA) is 26.3 Å². The Hall–Kier alpha value is -0.950. The predicted molar refractivity (Wildman–Crippen MR) is 64.5 cm³/mol. The molecule has 0 aromatic carbocycles. The second kappa shape index (κ2) is 6.04. The third-order valence-electron chi connectivity index (χ3n) is 3.68. The van der Waals surface area contributed by atoms with Crippen LogP contribution in [0.2, 0.25) is 0 Å². The van der Waals surface area contributed by atoms with Crippen LogP contribution < -0.4 is 0 Å². The first-order valence-electron chi connectivity index (χ1n) is 6.42. The molecule has 1 unspecified atom stereocenters. The van der Waals surface area contributed by atoms with Crippen molar-refractivity contribution in [3.63, 3.8) is 0 Å². The Bertz CT molecular complexity index is 352. The van der Waals surface area contributed by atoms with Gasteiger partial charge in [-0.15, -0.1) is 0 Å². The van der Waals surface area contributed by atoms with Crippen molar-refractivity contribution in [2.75, 3.05) is 0 Å². The van der Waals surface area contributed by atoms with Crippen LogP contribution in [-0.4, -0.2) is 24.4 Å². The van der Waals surface area contributed by atoms with Gasteiger partial charge in [0.2, 0.25) is 0 Å². The fourth-order valence-electron chi connectivity index (χ4n) is 1.84. The number of alkyl halides is 6. The highest BCUT2D eigenvalue weighted by molar-refractivity contribution is 5.77. The van der Waals surface area contributed by atoms with Crippen LogP contribution in [0.4, 0.5) is 26.3 Å². The molecule has 0 bridgehead atoms. The smallest absolute Gasteiger partial charge is 0.434 e. The molecule has 0 rings (SSSR count). The van der Waals surface area contributed by atoms with Gasteiger partial charge in [-0.25, -0.2) is 0 Å². The van der Waals surface area contributed by atoms with Gasteiger partial charge in [0.05, 0.1) is 5.41 Å². The fraction of sp³-hybridized carbons (Fsp3) is 0.923. The minimum absolute atomic E-state index is 0.123. The largest absolute Gasteiger partial charge is 0.442 e. The van der Waals surface area contributed by atoms with E-state index in [2.05, 4.69) is 4.74 Å². The minimum Gasteiger partial charge on any atom is -0.442 e. The molecule has 0 spiro atoms. The monoisotopic (exact) mass is 322 g/mol. The van der Waals surface area contributed by atoms with Crippen LogP contribution in [0.3, 0.4) is 0 Å². The molecule has 0 aliphatic heterocycles. The number of ether oxygens (including phenoxy) is 1. The maximum atomic E-state index is 12.4. The molecule has 0 heterocycles. The van der Waals surface area contributed by atoms with Gasteiger partial charge >= 0.3 is 18.3 Å². The van der Waals surface area contributed by atoms with Crippen molar-refractivity contribution in [3.8, 4) is 0 Å². The first-order chi connectivity index (χ1) is 9.07. The van der Waals surface area contributed by atoms with E-state index in [9.17, 15) is 31.1 Å². The summed E-state index contributed by atoms with van der Waals surface area (Å²) in [5.74, 6) is -1.49. The molecule has 1 atom stereocenters. The number of carbonyl (C=O) groups is 1. The standard InChI is InChI=1S/C13H20F6O2/c1-6-7-11(5,10(2,3)4)9(20)21-8(12(14,15)16)13(17,18)19/h8H,6-7H2,1-5H3. The fourth-order valence-corrected chi connectivity index (χ4v) is 1.84. The van der Waals surface area contributed by atoms with E-state index < -0.39 is 35.3 Å². The number of halogens is 6. The summed E-state index contributed by atoms with van der Waals surface area (Å²) in [5.41, 5.74) is -2.29. The summed E-state index contributed by atoms with van der Waals surface area (Å²) in [4.78, 5) is 12.0. The van der Waals surface area contributed by atoms with Crippen molar-refractivity contribution < 1.29 is 35.9 Å². The van der Waals surface area contributed by atoms with E-state index in [4.69, 9.17) is 0 Å². The maximum absolute atomic E-state index is 12.4. The molecular weight excluding hydrogens is 302 g/mol. The lowest BCUT2D eigenvalue weighted by Gasteiger charge is -2.40. The number of rotatable bonds is 4. The van der Waals surface area contributed by atoms with E-state index in [1.165, 1.54) is 6.92 Å². The molecule has 0 aromatic rings. The van der Waals surface area contributed by atoms with Gasteiger partial charge in [-0.2, -0.15) is 26.3 Å². The first kappa shape index (κ1) is 20.1. The van der Waals surface area contributed by atoms with E-state index in [1.54, 1.807) is 27.7 Å². The highest BCUT2D eigenvalue weighted by atomic mass is 19.4. The average molecular weight is 322 g/mol. The number of hydrogen-bond donors (Lipinski definition) is 0. The summed E-state index contributed by atoms with van der Waals surface area (Å²) >= 11 is 0. The normalized spacial score (nSPS) is 16.8. The Balaban J connectivity index is 5.49. The Morgan fingerprint density at radius 1 is 0.952 bits per heavy atom. The van der Waals surface area contributed by atoms with Crippen LogP contribution in [0.25, 0.3) is 0 Å². The van der Waals surface area contributed by atoms with Crippen LogP contribution in [-0.2, 0) is 9.53 Å². The Morgan fingerprint density at radius 2 is 1.33 bits per heavy atom. The molecule has 0 aromatic heterocycles. The van der Waals surface area contributed by atoms with Crippen LogP contribution in [0.1, 0.15) is 47.5 Å². The van der Waals surface area contributed by atoms with Crippen LogP contribution >= 0.6 is 0 Å². The molecule has 0 saturated carbocycles. The maximum Gasteiger partial charge on any atom is 0.434 e. The lowest BCUT2D eigenvalue weighted by Crippen LogP contribution is -2.50. The SMILES string of the molecule is CCCC(C)(C(=O)OC(C(F)(F)F)C(F)(F)F)C(C)(C)C. The highest BCUT2D eigenvalue weighted by Crippen LogP contribution is 2.45. The molecule has 126 valence electrons. The average Bonchev–Trinajstić information content (AvgIpc) is 2.20. The molecule has 0 radical (unpaired) electrons. The Morgan fingerprint density at radius 3 is 1.57 bits per heavy atom. The van der Waals surface area contributed by atoms with Crippen molar-refractivity contribution in [2.45, 2.75) is 65.9 Å². The minimum atomic E-state index is -5.70. The van der Waals surface area contributed by atoms with E-state index in [0.29, 0.717) is 6.42 Å². The number of carbonyl (C=O) groups excluding carboxylic acids is 1. The van der Waals surface area contributed by atoms with Gasteiger partial charge in [0.25, 0.3) is 6.10 Å². The van der Waals surface area contributed by atoms with Gasteiger partial charge in [0, 0.05) is 0 Å². The van der Waals surface area contributed by atoms with Gasteiger partial charge in [-0.05, 0) is 18.8 Å². The molecule has 2 nitrogen and oxygen atoms in total. The quantitative estimate of drug-likeness (QED) is 0.545. The van der Waals surface area contributed by atoms with Crippen LogP contribution in [0.5, 0.6) is 0 Å². The van der Waals surface area contributed by atoms with Crippen LogP contribution in [0.15, 0.2) is 0 Å². The van der Waals surface area contributed by atoms with E-state index in [0.717, 1.165) is 0 Å². The molecule has 8 heteroatoms. The third kappa shape index (κ3) is 4.78. The second-order valence-corrected chi connectivity index (χ2v) is 6.20. The molecule has 21 heavy (non-hydrogen) atoms. The summed E-state index contributed by atoms with van der Waals surface area (Å²) in [6, 6.07) is 0. The first-order valence-corrected chi connectivity index (χ1v) is 6.42. The van der Waals surface area contributed by atoms with Gasteiger partial charge in [-0.3, -0.25) is 4.79 Å². The number of hydrogen-bond acceptors (Lipinski definition) is 2. The molecule has 0 fully saturated rings. The van der Waals surface area contributed by atoms with Gasteiger partial charge in [-0.1, -0.05) is 34.1 Å². The molecule has 0 saturated heterocycles. The summed E-state index contributed by atoms with van der Waals surface area (Å²) in [5, 5.41) is 0. The lowest BCUT2D eigenvalue weighted by molar-refractivity contribution is -0.316. The lowest BCUT2D eigenvalue weighted by atomic mass is 9.65. The third-order valence-corrected chi connectivity index (χ3v) is 3.68. The van der Waals surface area contributed by atoms with Crippen molar-refractivity contribution >= 4 is 5.97 Å². The van der Waals surface area contributed by atoms with Crippen molar-refractivity contribution in [2.24, 2.45) is 10.8 Å². The zero-order valence-corrected chi connectivity index (χ0v) is 12.6. The molecular formula is C13H20F6O2. The zero-order valence-electron chi connectivity index (χ0n) is 12.6. The van der Waals surface area contributed by atoms with Gasteiger partial charge < -0.3 is 4.74 Å². The van der Waals surface area contributed by atoms with Gasteiger partial charge in [0.15, 0.2) is 0 Å². The summed E-state index contributed by atoms with van der Waals surface area (Å²) in [6.07, 6.45) is -14.9. The summed E-state index contributed by atoms with van der Waals surface area (Å²) in [6.45, 7) is 7.71. The van der Waals surface area contributed by atoms with Crippen LogP contribution in [0, 0.1) is 10.8 Å². The summed E-state index contributed by atoms with van der Waals surface area (Å²) < 4.78 is 78.5. The van der Waals surface area contributed by atoms with E-state index in [-0.39, 0.29) is 6.42 Å². The summed E-state index contributed by atoms with van der Waals surface area (Å²) in [7, 11) is 0. The molecule has 0 aliphatic carbocycles. The van der Waals surface area contributed by atoms with Gasteiger partial charge in [0.1, 0.15) is 0 Å². The predicted octanol–water partition coefficient (Wildman–Crippen LogP) is 4.88. The zero-order chi connectivity index (χ0) is 17.3. The van der Waals surface area contributed by atoms with Crippen molar-refractivity contribution in [1.82, 2.24) is 0 Å². The number of esters is 1. The second-order valence-electron chi connectivity index (χ2n) is 6.20. The Kier molecular flexibility index (Phi) is 5.77. The van der Waals surface area contributed by atoms with E-state index in [1.807, 2.05) is 0 Å². The van der Waals surface area contributed by atoms with E-state index >= 15 is 0 Å². The molecule has 0 N–H and O–H groups in total. The van der Waals surface area contributed by atoms with Crippen molar-refractivity contribution in [3.05, 3.63) is 0 Å². The molecule has 0 amide bonds. The molecule has 0 aliphatic rings. The Labute approximate surface area is 119 Å².